The Morgan fingerprint density at radius 2 is 2.58 bits per heavy atom. The number of aldehydes is 1. The van der Waals surface area contributed by atoms with E-state index in [0.717, 1.165) is 6.42 Å². The van der Waals surface area contributed by atoms with Gasteiger partial charge in [-0.1, -0.05) is 6.08 Å². The SMILES string of the molecule is C=CCC1C=C(C(=O)C=O)OC1. The molecule has 1 heterocycles. The van der Waals surface area contributed by atoms with E-state index in [1.165, 1.54) is 0 Å². The van der Waals surface area contributed by atoms with Crippen molar-refractivity contribution < 1.29 is 14.3 Å². The van der Waals surface area contributed by atoms with Gasteiger partial charge >= 0.3 is 0 Å². The third-order valence-electron chi connectivity index (χ3n) is 1.66. The highest BCUT2D eigenvalue weighted by molar-refractivity contribution is 6.32. The van der Waals surface area contributed by atoms with Crippen LogP contribution in [0.15, 0.2) is 24.5 Å². The number of hydrogen-bond acceptors (Lipinski definition) is 3. The second kappa shape index (κ2) is 3.85. The molecule has 3 nitrogen and oxygen atoms in total. The maximum atomic E-state index is 10.8. The molecule has 3 heteroatoms. The first kappa shape index (κ1) is 8.71. The Morgan fingerprint density at radius 1 is 1.83 bits per heavy atom. The fourth-order valence-electron chi connectivity index (χ4n) is 1.07. The molecule has 1 aliphatic heterocycles. The zero-order valence-electron chi connectivity index (χ0n) is 6.66. The van der Waals surface area contributed by atoms with E-state index in [0.29, 0.717) is 6.61 Å². The maximum Gasteiger partial charge on any atom is 0.259 e. The summed E-state index contributed by atoms with van der Waals surface area (Å²) >= 11 is 0. The Labute approximate surface area is 70.7 Å². The highest BCUT2D eigenvalue weighted by Gasteiger charge is 2.20. The first-order valence-corrected chi connectivity index (χ1v) is 3.73. The summed E-state index contributed by atoms with van der Waals surface area (Å²) in [6.45, 7) is 4.05. The molecular formula is C9H10O3. The third kappa shape index (κ3) is 1.81. The van der Waals surface area contributed by atoms with Gasteiger partial charge in [0.15, 0.2) is 12.0 Å². The van der Waals surface area contributed by atoms with Gasteiger partial charge in [-0.25, -0.2) is 0 Å². The number of Topliss-reactive ketones (excluding diaryl/α,β-unsaturated/α-hetero) is 1. The van der Waals surface area contributed by atoms with Crippen LogP contribution in [-0.4, -0.2) is 18.7 Å². The molecule has 0 radical (unpaired) electrons. The minimum atomic E-state index is -0.582. The normalized spacial score (nSPS) is 21.0. The average Bonchev–Trinajstić information content (AvgIpc) is 2.52. The zero-order chi connectivity index (χ0) is 8.97. The number of rotatable bonds is 4. The molecule has 0 saturated carbocycles. The molecule has 0 N–H and O–H groups in total. The lowest BCUT2D eigenvalue weighted by atomic mass is 10.1. The van der Waals surface area contributed by atoms with Gasteiger partial charge in [-0.3, -0.25) is 9.59 Å². The lowest BCUT2D eigenvalue weighted by Crippen LogP contribution is -2.03. The van der Waals surface area contributed by atoms with Crippen LogP contribution >= 0.6 is 0 Å². The molecule has 0 amide bonds. The van der Waals surface area contributed by atoms with Crippen LogP contribution in [-0.2, 0) is 14.3 Å². The Morgan fingerprint density at radius 3 is 3.17 bits per heavy atom. The molecule has 0 aliphatic carbocycles. The molecule has 0 saturated heterocycles. The summed E-state index contributed by atoms with van der Waals surface area (Å²) in [5.41, 5.74) is 0. The molecule has 0 aromatic rings. The van der Waals surface area contributed by atoms with Gasteiger partial charge in [-0.15, -0.1) is 6.58 Å². The number of carbonyl (C=O) groups excluding carboxylic acids is 2. The van der Waals surface area contributed by atoms with Gasteiger partial charge in [0.05, 0.1) is 6.61 Å². The smallest absolute Gasteiger partial charge is 0.259 e. The largest absolute Gasteiger partial charge is 0.489 e. The molecular weight excluding hydrogens is 156 g/mol. The summed E-state index contributed by atoms with van der Waals surface area (Å²) in [6.07, 6.45) is 4.48. The van der Waals surface area contributed by atoms with Crippen molar-refractivity contribution in [2.24, 2.45) is 5.92 Å². The summed E-state index contributed by atoms with van der Waals surface area (Å²) in [4.78, 5) is 20.8. The first-order valence-electron chi connectivity index (χ1n) is 3.73. The van der Waals surface area contributed by atoms with Crippen molar-refractivity contribution in [3.8, 4) is 0 Å². The maximum absolute atomic E-state index is 10.8. The molecule has 0 spiro atoms. The molecule has 1 aliphatic rings. The van der Waals surface area contributed by atoms with Crippen molar-refractivity contribution >= 4 is 12.1 Å². The minimum Gasteiger partial charge on any atom is -0.489 e. The standard InChI is InChI=1S/C9H10O3/c1-2-3-7-4-9(12-6-7)8(11)5-10/h2,4-5,7H,1,3,6H2. The molecule has 12 heavy (non-hydrogen) atoms. The Kier molecular flexibility index (Phi) is 2.80. The molecule has 0 fully saturated rings. The van der Waals surface area contributed by atoms with Crippen LogP contribution in [0.25, 0.3) is 0 Å². The van der Waals surface area contributed by atoms with Crippen molar-refractivity contribution in [1.29, 1.82) is 0 Å². The third-order valence-corrected chi connectivity index (χ3v) is 1.66. The second-order valence-corrected chi connectivity index (χ2v) is 2.61. The lowest BCUT2D eigenvalue weighted by molar-refractivity contribution is -0.129. The summed E-state index contributed by atoms with van der Waals surface area (Å²) in [6, 6.07) is 0. The van der Waals surface area contributed by atoms with Gasteiger partial charge in [-0.2, -0.15) is 0 Å². The van der Waals surface area contributed by atoms with Gasteiger partial charge in [0.25, 0.3) is 5.78 Å². The van der Waals surface area contributed by atoms with Crippen LogP contribution < -0.4 is 0 Å². The number of allylic oxidation sites excluding steroid dienone is 2. The summed E-state index contributed by atoms with van der Waals surface area (Å²) in [7, 11) is 0. The van der Waals surface area contributed by atoms with Crippen LogP contribution in [0.3, 0.4) is 0 Å². The lowest BCUT2D eigenvalue weighted by Gasteiger charge is -1.99. The molecule has 1 unspecified atom stereocenters. The molecule has 1 atom stereocenters. The second-order valence-electron chi connectivity index (χ2n) is 2.61. The van der Waals surface area contributed by atoms with Gasteiger partial charge in [-0.05, 0) is 12.5 Å². The van der Waals surface area contributed by atoms with Gasteiger partial charge < -0.3 is 4.74 Å². The summed E-state index contributed by atoms with van der Waals surface area (Å²) in [5.74, 6) is -0.209. The molecule has 1 rings (SSSR count). The van der Waals surface area contributed by atoms with E-state index in [1.807, 2.05) is 0 Å². The van der Waals surface area contributed by atoms with Crippen molar-refractivity contribution in [2.45, 2.75) is 6.42 Å². The fourth-order valence-corrected chi connectivity index (χ4v) is 1.07. The number of carbonyl (C=O) groups is 2. The van der Waals surface area contributed by atoms with E-state index in [1.54, 1.807) is 12.2 Å². The predicted octanol–water partition coefficient (Wildman–Crippen LogP) is 0.861. The molecule has 0 bridgehead atoms. The average molecular weight is 166 g/mol. The van der Waals surface area contributed by atoms with Crippen LogP contribution in [0, 0.1) is 5.92 Å². The van der Waals surface area contributed by atoms with E-state index in [9.17, 15) is 9.59 Å². The van der Waals surface area contributed by atoms with E-state index < -0.39 is 5.78 Å². The van der Waals surface area contributed by atoms with Gasteiger partial charge in [0, 0.05) is 5.92 Å². The molecule has 0 aromatic carbocycles. The highest BCUT2D eigenvalue weighted by atomic mass is 16.5. The van der Waals surface area contributed by atoms with E-state index in [2.05, 4.69) is 6.58 Å². The molecule has 64 valence electrons. The van der Waals surface area contributed by atoms with E-state index in [4.69, 9.17) is 4.74 Å². The zero-order valence-corrected chi connectivity index (χ0v) is 6.66. The Balaban J connectivity index is 2.58. The summed E-state index contributed by atoms with van der Waals surface area (Å²) in [5, 5.41) is 0. The quantitative estimate of drug-likeness (QED) is 0.353. The molecule has 0 aromatic heterocycles. The monoisotopic (exact) mass is 166 g/mol. The van der Waals surface area contributed by atoms with Crippen molar-refractivity contribution in [2.75, 3.05) is 6.61 Å². The van der Waals surface area contributed by atoms with Crippen LogP contribution in [0.4, 0.5) is 0 Å². The summed E-state index contributed by atoms with van der Waals surface area (Å²) < 4.78 is 5.00. The Bertz CT molecular complexity index is 240. The van der Waals surface area contributed by atoms with Crippen LogP contribution in [0.1, 0.15) is 6.42 Å². The van der Waals surface area contributed by atoms with Crippen molar-refractivity contribution in [3.05, 3.63) is 24.5 Å². The number of ether oxygens (including phenoxy) is 1. The van der Waals surface area contributed by atoms with Crippen LogP contribution in [0.5, 0.6) is 0 Å². The van der Waals surface area contributed by atoms with Crippen molar-refractivity contribution in [1.82, 2.24) is 0 Å². The van der Waals surface area contributed by atoms with Gasteiger partial charge in [0.2, 0.25) is 0 Å². The Hall–Kier alpha value is -1.38. The first-order chi connectivity index (χ1) is 5.77. The fraction of sp³-hybridized carbons (Fsp3) is 0.333. The number of hydrogen-bond donors (Lipinski definition) is 0. The van der Waals surface area contributed by atoms with Gasteiger partial charge in [0.1, 0.15) is 0 Å². The highest BCUT2D eigenvalue weighted by Crippen LogP contribution is 2.19. The van der Waals surface area contributed by atoms with Crippen molar-refractivity contribution in [3.63, 3.8) is 0 Å². The topological polar surface area (TPSA) is 43.4 Å². The van der Waals surface area contributed by atoms with E-state index >= 15 is 0 Å². The number of ketones is 1. The predicted molar refractivity (Wildman–Crippen MR) is 43.4 cm³/mol. The minimum absolute atomic E-state index is 0.178. The van der Waals surface area contributed by atoms with E-state index in [-0.39, 0.29) is 18.0 Å². The van der Waals surface area contributed by atoms with Crippen LogP contribution in [0.2, 0.25) is 0 Å².